The van der Waals surface area contributed by atoms with Gasteiger partial charge in [-0.25, -0.2) is 0 Å². The number of fused-ring (bicyclic) bond motifs is 2. The van der Waals surface area contributed by atoms with Gasteiger partial charge in [-0.05, 0) is 44.0 Å². The van der Waals surface area contributed by atoms with E-state index >= 15 is 0 Å². The zero-order valence-electron chi connectivity index (χ0n) is 10.5. The first-order valence-electron chi connectivity index (χ1n) is 6.65. The van der Waals surface area contributed by atoms with E-state index in [4.69, 9.17) is 23.2 Å². The lowest BCUT2D eigenvalue weighted by molar-refractivity contribution is 0.0680. The molecule has 0 saturated carbocycles. The maximum Gasteiger partial charge on any atom is 0.254 e. The number of carbonyl (C=O) groups excluding carboxylic acids is 1. The number of nitrogens with zero attached hydrogens (tertiary/aromatic N) is 1. The zero-order chi connectivity index (χ0) is 13.4. The van der Waals surface area contributed by atoms with Crippen molar-refractivity contribution < 1.29 is 4.79 Å². The molecule has 1 aromatic carbocycles. The van der Waals surface area contributed by atoms with E-state index in [1.165, 1.54) is 0 Å². The molecule has 102 valence electrons. The summed E-state index contributed by atoms with van der Waals surface area (Å²) >= 11 is 11.9. The van der Waals surface area contributed by atoms with Gasteiger partial charge in [-0.1, -0.05) is 23.2 Å². The van der Waals surface area contributed by atoms with E-state index in [-0.39, 0.29) is 5.91 Å². The molecule has 1 aromatic rings. The Kier molecular flexibility index (Phi) is 3.70. The molecule has 5 heteroatoms. The molecule has 2 heterocycles. The Bertz CT molecular complexity index is 492. The van der Waals surface area contributed by atoms with E-state index in [2.05, 4.69) is 5.32 Å². The Morgan fingerprint density at radius 1 is 1.16 bits per heavy atom. The smallest absolute Gasteiger partial charge is 0.254 e. The fourth-order valence-corrected chi connectivity index (χ4v) is 3.39. The summed E-state index contributed by atoms with van der Waals surface area (Å²) in [6.45, 7) is 1.88. The van der Waals surface area contributed by atoms with Crippen LogP contribution in [0.3, 0.4) is 0 Å². The van der Waals surface area contributed by atoms with Gasteiger partial charge in [0.25, 0.3) is 5.91 Å². The van der Waals surface area contributed by atoms with Crippen molar-refractivity contribution in [1.82, 2.24) is 10.2 Å². The lowest BCUT2D eigenvalue weighted by Gasteiger charge is -2.28. The molecule has 2 bridgehead atoms. The lowest BCUT2D eigenvalue weighted by atomic mass is 10.1. The normalized spacial score (nSPS) is 26.3. The molecular weight excluding hydrogens is 283 g/mol. The number of halogens is 2. The summed E-state index contributed by atoms with van der Waals surface area (Å²) in [5, 5.41) is 4.32. The van der Waals surface area contributed by atoms with Crippen LogP contribution in [0.4, 0.5) is 0 Å². The van der Waals surface area contributed by atoms with Crippen molar-refractivity contribution in [3.8, 4) is 0 Å². The summed E-state index contributed by atoms with van der Waals surface area (Å²) in [5.41, 5.74) is 0.633. The molecule has 3 rings (SSSR count). The van der Waals surface area contributed by atoms with E-state index in [1.807, 2.05) is 4.90 Å². The highest BCUT2D eigenvalue weighted by atomic mass is 35.5. The maximum atomic E-state index is 12.7. The van der Waals surface area contributed by atoms with Gasteiger partial charge in [0.2, 0.25) is 0 Å². The Labute approximate surface area is 122 Å². The van der Waals surface area contributed by atoms with E-state index < -0.39 is 0 Å². The maximum absolute atomic E-state index is 12.7. The van der Waals surface area contributed by atoms with Crippen LogP contribution in [0.25, 0.3) is 0 Å². The average Bonchev–Trinajstić information content (AvgIpc) is 2.65. The van der Waals surface area contributed by atoms with Gasteiger partial charge in [-0.2, -0.15) is 0 Å². The molecule has 2 saturated heterocycles. The fraction of sp³-hybridized carbons (Fsp3) is 0.500. The number of nitrogens with one attached hydrogen (secondary N) is 1. The van der Waals surface area contributed by atoms with Crippen LogP contribution in [0.15, 0.2) is 18.2 Å². The molecule has 1 N–H and O–H groups in total. The van der Waals surface area contributed by atoms with Gasteiger partial charge in [0.15, 0.2) is 0 Å². The molecular formula is C14H16Cl2N2O. The topological polar surface area (TPSA) is 32.3 Å². The second-order valence-corrected chi connectivity index (χ2v) is 6.03. The SMILES string of the molecule is O=C(c1ccc(Cl)c(Cl)c1)N1C2CCNCC1CC2. The molecule has 2 unspecified atom stereocenters. The summed E-state index contributed by atoms with van der Waals surface area (Å²) in [7, 11) is 0. The number of benzene rings is 1. The number of amides is 1. The van der Waals surface area contributed by atoms with Crippen molar-refractivity contribution in [2.45, 2.75) is 31.3 Å². The molecule has 2 aliphatic rings. The van der Waals surface area contributed by atoms with Crippen molar-refractivity contribution in [1.29, 1.82) is 0 Å². The van der Waals surface area contributed by atoms with Crippen molar-refractivity contribution in [3.63, 3.8) is 0 Å². The van der Waals surface area contributed by atoms with Crippen molar-refractivity contribution in [2.75, 3.05) is 13.1 Å². The molecule has 19 heavy (non-hydrogen) atoms. The molecule has 2 atom stereocenters. The third-order valence-electron chi connectivity index (χ3n) is 4.06. The van der Waals surface area contributed by atoms with Crippen LogP contribution in [0.1, 0.15) is 29.6 Å². The molecule has 1 amide bonds. The highest BCUT2D eigenvalue weighted by molar-refractivity contribution is 6.42. The summed E-state index contributed by atoms with van der Waals surface area (Å²) in [5.74, 6) is 0.0785. The predicted molar refractivity (Wildman–Crippen MR) is 76.9 cm³/mol. The number of carbonyl (C=O) groups is 1. The first-order chi connectivity index (χ1) is 9.16. The fourth-order valence-electron chi connectivity index (χ4n) is 3.09. The van der Waals surface area contributed by atoms with E-state index in [0.29, 0.717) is 27.7 Å². The van der Waals surface area contributed by atoms with Crippen LogP contribution in [0.2, 0.25) is 10.0 Å². The van der Waals surface area contributed by atoms with Gasteiger partial charge >= 0.3 is 0 Å². The standard InChI is InChI=1S/C14H16Cl2N2O/c15-12-4-1-9(7-13(12)16)14(19)18-10-2-3-11(18)8-17-6-5-10/h1,4,7,10-11,17H,2-3,5-6,8H2. The monoisotopic (exact) mass is 298 g/mol. The van der Waals surface area contributed by atoms with Crippen LogP contribution in [-0.2, 0) is 0 Å². The van der Waals surface area contributed by atoms with E-state index in [9.17, 15) is 4.79 Å². The second kappa shape index (κ2) is 5.31. The number of hydrogen-bond acceptors (Lipinski definition) is 2. The van der Waals surface area contributed by atoms with Gasteiger partial charge in [-0.15, -0.1) is 0 Å². The lowest BCUT2D eigenvalue weighted by Crippen LogP contribution is -2.42. The summed E-state index contributed by atoms with van der Waals surface area (Å²) in [6.07, 6.45) is 3.23. The van der Waals surface area contributed by atoms with Crippen molar-refractivity contribution in [3.05, 3.63) is 33.8 Å². The molecule has 3 nitrogen and oxygen atoms in total. The Morgan fingerprint density at radius 2 is 1.95 bits per heavy atom. The van der Waals surface area contributed by atoms with Gasteiger partial charge in [0.05, 0.1) is 10.0 Å². The summed E-state index contributed by atoms with van der Waals surface area (Å²) in [4.78, 5) is 14.7. The third kappa shape index (κ3) is 2.47. The van der Waals surface area contributed by atoms with E-state index in [0.717, 1.165) is 32.4 Å². The number of rotatable bonds is 1. The largest absolute Gasteiger partial charge is 0.331 e. The Hall–Kier alpha value is -0.770. The van der Waals surface area contributed by atoms with Crippen LogP contribution >= 0.6 is 23.2 Å². The molecule has 2 fully saturated rings. The molecule has 0 aliphatic carbocycles. The van der Waals surface area contributed by atoms with Crippen LogP contribution in [0.5, 0.6) is 0 Å². The minimum Gasteiger partial charge on any atom is -0.331 e. The summed E-state index contributed by atoms with van der Waals surface area (Å²) in [6, 6.07) is 5.80. The van der Waals surface area contributed by atoms with Crippen LogP contribution in [0, 0.1) is 0 Å². The first kappa shape index (κ1) is 13.2. The predicted octanol–water partition coefficient (Wildman–Crippen LogP) is 2.96. The Balaban J connectivity index is 1.88. The number of hydrogen-bond donors (Lipinski definition) is 1. The van der Waals surface area contributed by atoms with Crippen molar-refractivity contribution in [2.24, 2.45) is 0 Å². The van der Waals surface area contributed by atoms with Crippen LogP contribution < -0.4 is 5.32 Å². The van der Waals surface area contributed by atoms with Crippen LogP contribution in [-0.4, -0.2) is 36.0 Å². The molecule has 2 aliphatic heterocycles. The van der Waals surface area contributed by atoms with Gasteiger partial charge in [0, 0.05) is 24.2 Å². The van der Waals surface area contributed by atoms with Crippen molar-refractivity contribution >= 4 is 29.1 Å². The minimum atomic E-state index is 0.0785. The molecule has 0 aromatic heterocycles. The van der Waals surface area contributed by atoms with E-state index in [1.54, 1.807) is 18.2 Å². The highest BCUT2D eigenvalue weighted by Gasteiger charge is 2.38. The quantitative estimate of drug-likeness (QED) is 0.864. The first-order valence-corrected chi connectivity index (χ1v) is 7.41. The zero-order valence-corrected chi connectivity index (χ0v) is 12.0. The van der Waals surface area contributed by atoms with Gasteiger partial charge in [0.1, 0.15) is 0 Å². The minimum absolute atomic E-state index is 0.0785. The molecule has 0 radical (unpaired) electrons. The second-order valence-electron chi connectivity index (χ2n) is 5.22. The third-order valence-corrected chi connectivity index (χ3v) is 4.79. The Morgan fingerprint density at radius 3 is 2.74 bits per heavy atom. The van der Waals surface area contributed by atoms with Gasteiger partial charge in [-0.3, -0.25) is 4.79 Å². The highest BCUT2D eigenvalue weighted by Crippen LogP contribution is 2.31. The summed E-state index contributed by atoms with van der Waals surface area (Å²) < 4.78 is 0. The average molecular weight is 299 g/mol. The van der Waals surface area contributed by atoms with Gasteiger partial charge < -0.3 is 10.2 Å². The molecule has 0 spiro atoms.